The Hall–Kier alpha value is -0.880. The normalized spacial score (nSPS) is 12.8. The molecule has 4 N–H and O–H groups in total. The van der Waals surface area contributed by atoms with Crippen molar-refractivity contribution in [2.45, 2.75) is 0 Å². The number of rotatable bonds is 8. The minimum absolute atomic E-state index is 0.292. The van der Waals surface area contributed by atoms with Crippen LogP contribution in [0.4, 0.5) is 0 Å². The van der Waals surface area contributed by atoms with Gasteiger partial charge in [0.25, 0.3) is 40.5 Å². The van der Waals surface area contributed by atoms with Gasteiger partial charge in [0.1, 0.15) is 0 Å². The van der Waals surface area contributed by atoms with Crippen LogP contribution in [-0.4, -0.2) is 74.9 Å². The van der Waals surface area contributed by atoms with Crippen LogP contribution in [0.25, 0.3) is 0 Å². The second-order valence-electron chi connectivity index (χ2n) is 4.41. The minimum atomic E-state index is -4.27. The Kier molecular flexibility index (Phi) is 9.50. The Morgan fingerprint density at radius 1 is 0.500 bits per heavy atom. The van der Waals surface area contributed by atoms with Crippen molar-refractivity contribution in [2.24, 2.45) is 0 Å². The lowest BCUT2D eigenvalue weighted by Crippen LogP contribution is -2.13. The van der Waals surface area contributed by atoms with Crippen LogP contribution in [0.2, 0.25) is 0 Å². The highest BCUT2D eigenvalue weighted by atomic mass is 32.2. The number of hydrogen-bond acceptors (Lipinski definition) is 8. The van der Waals surface area contributed by atoms with Gasteiger partial charge in [-0.2, -0.15) is 33.7 Å². The molecule has 0 saturated heterocycles. The second-order valence-corrected chi connectivity index (χ2v) is 10.2. The van der Waals surface area contributed by atoms with E-state index in [-0.39, 0.29) is 11.1 Å². The highest BCUT2D eigenvalue weighted by Crippen LogP contribution is 2.00. The van der Waals surface area contributed by atoms with Gasteiger partial charge in [0, 0.05) is 0 Å². The van der Waals surface area contributed by atoms with Gasteiger partial charge in [-0.15, -0.1) is 0 Å². The maximum atomic E-state index is 10.1. The highest BCUT2D eigenvalue weighted by molar-refractivity contribution is 7.87. The molecule has 0 fully saturated rings. The fourth-order valence-corrected chi connectivity index (χ4v) is 3.85. The van der Waals surface area contributed by atoms with Crippen molar-refractivity contribution < 1.29 is 51.9 Å². The quantitative estimate of drug-likeness (QED) is 0.258. The molecule has 0 bridgehead atoms. The molecule has 24 heavy (non-hydrogen) atoms. The molecule has 0 rings (SSSR count). The van der Waals surface area contributed by atoms with Crippen molar-refractivity contribution in [3.05, 3.63) is 24.3 Å². The standard InChI is InChI=1S/2C4H8O6S2/c2*1-4(2-11(5,6)7)3-12(8,9)10/h2*1-3H2,(H,5,6,7)(H,8,9,10). The van der Waals surface area contributed by atoms with E-state index in [9.17, 15) is 33.7 Å². The lowest BCUT2D eigenvalue weighted by molar-refractivity contribution is 0.479. The van der Waals surface area contributed by atoms with Gasteiger partial charge in [-0.05, 0) is 11.1 Å². The van der Waals surface area contributed by atoms with Crippen LogP contribution in [0.1, 0.15) is 0 Å². The lowest BCUT2D eigenvalue weighted by atomic mass is 10.4. The third kappa shape index (κ3) is 23.4. The minimum Gasteiger partial charge on any atom is -0.285 e. The van der Waals surface area contributed by atoms with E-state index in [1.165, 1.54) is 0 Å². The van der Waals surface area contributed by atoms with Gasteiger partial charge in [-0.3, -0.25) is 18.2 Å². The lowest BCUT2D eigenvalue weighted by Gasteiger charge is -1.99. The summed E-state index contributed by atoms with van der Waals surface area (Å²) >= 11 is 0. The van der Waals surface area contributed by atoms with Gasteiger partial charge in [0.15, 0.2) is 0 Å². The summed E-state index contributed by atoms with van der Waals surface area (Å²) in [4.78, 5) is 0. The summed E-state index contributed by atoms with van der Waals surface area (Å²) in [5.41, 5.74) is -0.583. The molecular weight excluding hydrogens is 416 g/mol. The zero-order chi connectivity index (χ0) is 20.0. The smallest absolute Gasteiger partial charge is 0.268 e. The van der Waals surface area contributed by atoms with E-state index < -0.39 is 63.5 Å². The van der Waals surface area contributed by atoms with Gasteiger partial charge in [-0.1, -0.05) is 13.2 Å². The fraction of sp³-hybridized carbons (Fsp3) is 0.500. The van der Waals surface area contributed by atoms with Gasteiger partial charge in [-0.25, -0.2) is 0 Å². The van der Waals surface area contributed by atoms with Gasteiger partial charge in [0.2, 0.25) is 0 Å². The van der Waals surface area contributed by atoms with Crippen LogP contribution in [0.3, 0.4) is 0 Å². The summed E-state index contributed by atoms with van der Waals surface area (Å²) in [7, 11) is -17.1. The molecule has 0 aromatic carbocycles. The van der Waals surface area contributed by atoms with E-state index in [2.05, 4.69) is 13.2 Å². The molecule has 12 nitrogen and oxygen atoms in total. The molecule has 0 unspecified atom stereocenters. The summed E-state index contributed by atoms with van der Waals surface area (Å²) < 4.78 is 114. The van der Waals surface area contributed by atoms with Crippen LogP contribution < -0.4 is 0 Å². The predicted octanol–water partition coefficient (Wildman–Crippen LogP) is -1.36. The topological polar surface area (TPSA) is 217 Å². The van der Waals surface area contributed by atoms with Gasteiger partial charge in [0.05, 0.1) is 23.0 Å². The first-order valence-electron chi connectivity index (χ1n) is 5.34. The van der Waals surface area contributed by atoms with E-state index in [1.807, 2.05) is 0 Å². The molecule has 0 aliphatic rings. The molecule has 0 aliphatic carbocycles. The average Bonchev–Trinajstić information content (AvgIpc) is 2.02. The molecule has 144 valence electrons. The SMILES string of the molecule is C=C(CS(=O)(=O)O)CS(=O)(=O)O.C=C(CS(=O)(=O)O)CS(=O)(=O)O. The van der Waals surface area contributed by atoms with E-state index >= 15 is 0 Å². The van der Waals surface area contributed by atoms with Crippen LogP contribution in [0.5, 0.6) is 0 Å². The second kappa shape index (κ2) is 8.99. The van der Waals surface area contributed by atoms with Crippen LogP contribution >= 0.6 is 0 Å². The van der Waals surface area contributed by atoms with Crippen LogP contribution in [0.15, 0.2) is 24.3 Å². The Morgan fingerprint density at radius 2 is 0.625 bits per heavy atom. The third-order valence-electron chi connectivity index (χ3n) is 1.55. The van der Waals surface area contributed by atoms with Crippen LogP contribution in [0, 0.1) is 0 Å². The van der Waals surface area contributed by atoms with Crippen LogP contribution in [-0.2, 0) is 40.5 Å². The van der Waals surface area contributed by atoms with Crippen molar-refractivity contribution in [2.75, 3.05) is 23.0 Å². The monoisotopic (exact) mass is 432 g/mol. The Balaban J connectivity index is 0. The van der Waals surface area contributed by atoms with Gasteiger partial charge >= 0.3 is 0 Å². The maximum Gasteiger partial charge on any atom is 0.268 e. The van der Waals surface area contributed by atoms with E-state index in [1.54, 1.807) is 0 Å². The molecule has 0 saturated carbocycles. The van der Waals surface area contributed by atoms with Crippen molar-refractivity contribution in [1.82, 2.24) is 0 Å². The third-order valence-corrected chi connectivity index (χ3v) is 4.64. The Labute approximate surface area is 139 Å². The predicted molar refractivity (Wildman–Crippen MR) is 83.9 cm³/mol. The average molecular weight is 432 g/mol. The molecule has 0 atom stereocenters. The molecule has 0 aromatic rings. The van der Waals surface area contributed by atoms with Crippen molar-refractivity contribution in [1.29, 1.82) is 0 Å². The molecule has 16 heteroatoms. The summed E-state index contributed by atoms with van der Waals surface area (Å²) in [6.07, 6.45) is 0. The van der Waals surface area contributed by atoms with Crippen molar-refractivity contribution >= 4 is 40.5 Å². The first-order valence-corrected chi connectivity index (χ1v) is 11.8. The molecular formula is C8H16O12S4. The van der Waals surface area contributed by atoms with Crippen molar-refractivity contribution in [3.63, 3.8) is 0 Å². The number of hydrogen-bond donors (Lipinski definition) is 4. The zero-order valence-electron chi connectivity index (χ0n) is 11.9. The van der Waals surface area contributed by atoms with E-state index in [4.69, 9.17) is 18.2 Å². The summed E-state index contributed by atoms with van der Waals surface area (Å²) in [5.74, 6) is -3.47. The van der Waals surface area contributed by atoms with Gasteiger partial charge < -0.3 is 0 Å². The highest BCUT2D eigenvalue weighted by Gasteiger charge is 2.14. The molecule has 0 amide bonds. The van der Waals surface area contributed by atoms with E-state index in [0.29, 0.717) is 0 Å². The Bertz CT molecular complexity index is 725. The van der Waals surface area contributed by atoms with E-state index in [0.717, 1.165) is 0 Å². The molecule has 0 radical (unpaired) electrons. The fourth-order valence-electron chi connectivity index (χ4n) is 1.12. The summed E-state index contributed by atoms with van der Waals surface area (Å²) in [6.45, 7) is 6.09. The maximum absolute atomic E-state index is 10.1. The largest absolute Gasteiger partial charge is 0.285 e. The summed E-state index contributed by atoms with van der Waals surface area (Å²) in [6, 6.07) is 0. The molecule has 0 heterocycles. The zero-order valence-corrected chi connectivity index (χ0v) is 15.2. The first kappa shape index (κ1) is 25.4. The van der Waals surface area contributed by atoms with Crippen molar-refractivity contribution in [3.8, 4) is 0 Å². The molecule has 0 spiro atoms. The molecule has 0 aliphatic heterocycles. The Morgan fingerprint density at radius 3 is 0.708 bits per heavy atom. The first-order chi connectivity index (χ1) is 10.2. The summed E-state index contributed by atoms with van der Waals surface area (Å²) in [5, 5.41) is 0. The molecule has 0 aromatic heterocycles.